The summed E-state index contributed by atoms with van der Waals surface area (Å²) in [5.74, 6) is 0. The molecule has 2 aromatic rings. The van der Waals surface area contributed by atoms with Gasteiger partial charge in [0.15, 0.2) is 0 Å². The standard InChI is InChI=1S/C18H23NO2/c1-2-21-18(9-11-20-12-10-18)17(19)16-8-7-14-5-3-4-6-15(14)13-16/h3-8,13,17H,2,9-12,19H2,1H3. The van der Waals surface area contributed by atoms with Gasteiger partial charge >= 0.3 is 0 Å². The minimum absolute atomic E-state index is 0.119. The Morgan fingerprint density at radius 3 is 2.57 bits per heavy atom. The highest BCUT2D eigenvalue weighted by molar-refractivity contribution is 5.83. The molecule has 1 aliphatic rings. The Morgan fingerprint density at radius 2 is 1.86 bits per heavy atom. The predicted molar refractivity (Wildman–Crippen MR) is 85.3 cm³/mol. The van der Waals surface area contributed by atoms with Gasteiger partial charge in [0.05, 0.1) is 11.6 Å². The highest BCUT2D eigenvalue weighted by Crippen LogP contribution is 2.37. The fourth-order valence-electron chi connectivity index (χ4n) is 3.25. The van der Waals surface area contributed by atoms with Crippen molar-refractivity contribution in [2.24, 2.45) is 5.73 Å². The van der Waals surface area contributed by atoms with E-state index in [2.05, 4.69) is 42.5 Å². The van der Waals surface area contributed by atoms with Crippen LogP contribution in [0.5, 0.6) is 0 Å². The highest BCUT2D eigenvalue weighted by atomic mass is 16.5. The van der Waals surface area contributed by atoms with Crippen molar-refractivity contribution in [1.82, 2.24) is 0 Å². The second kappa shape index (κ2) is 6.14. The fourth-order valence-corrected chi connectivity index (χ4v) is 3.25. The molecule has 0 saturated carbocycles. The lowest BCUT2D eigenvalue weighted by Crippen LogP contribution is -2.48. The molecule has 3 heteroatoms. The summed E-state index contributed by atoms with van der Waals surface area (Å²) < 4.78 is 11.6. The van der Waals surface area contributed by atoms with Gasteiger partial charge in [-0.3, -0.25) is 0 Å². The lowest BCUT2D eigenvalue weighted by Gasteiger charge is -2.41. The Labute approximate surface area is 126 Å². The largest absolute Gasteiger partial charge is 0.381 e. The monoisotopic (exact) mass is 285 g/mol. The number of rotatable bonds is 4. The van der Waals surface area contributed by atoms with Crippen LogP contribution in [-0.2, 0) is 9.47 Å². The van der Waals surface area contributed by atoms with Gasteiger partial charge in [0, 0.05) is 32.7 Å². The van der Waals surface area contributed by atoms with Crippen LogP contribution in [0.3, 0.4) is 0 Å². The lowest BCUT2D eigenvalue weighted by molar-refractivity contribution is -0.121. The third-order valence-electron chi connectivity index (χ3n) is 4.47. The first-order valence-corrected chi connectivity index (χ1v) is 7.71. The van der Waals surface area contributed by atoms with Crippen LogP contribution in [0, 0.1) is 0 Å². The molecule has 2 aromatic carbocycles. The Balaban J connectivity index is 1.95. The van der Waals surface area contributed by atoms with E-state index in [0.29, 0.717) is 6.61 Å². The van der Waals surface area contributed by atoms with Gasteiger partial charge in [-0.05, 0) is 29.3 Å². The van der Waals surface area contributed by atoms with Crippen molar-refractivity contribution < 1.29 is 9.47 Å². The first kappa shape index (κ1) is 14.5. The molecule has 3 rings (SSSR count). The molecule has 1 heterocycles. The van der Waals surface area contributed by atoms with E-state index in [1.807, 2.05) is 6.92 Å². The molecule has 2 N–H and O–H groups in total. The number of benzene rings is 2. The van der Waals surface area contributed by atoms with Gasteiger partial charge in [0.1, 0.15) is 0 Å². The smallest absolute Gasteiger partial charge is 0.0917 e. The first-order valence-electron chi connectivity index (χ1n) is 7.71. The normalized spacial score (nSPS) is 19.5. The number of ether oxygens (including phenoxy) is 2. The van der Waals surface area contributed by atoms with Crippen LogP contribution < -0.4 is 5.73 Å². The lowest BCUT2D eigenvalue weighted by atomic mass is 9.82. The number of fused-ring (bicyclic) bond motifs is 1. The average Bonchev–Trinajstić information content (AvgIpc) is 2.55. The summed E-state index contributed by atoms with van der Waals surface area (Å²) in [4.78, 5) is 0. The van der Waals surface area contributed by atoms with Crippen molar-refractivity contribution >= 4 is 10.8 Å². The maximum absolute atomic E-state index is 6.60. The summed E-state index contributed by atoms with van der Waals surface area (Å²) in [5.41, 5.74) is 7.45. The van der Waals surface area contributed by atoms with Crippen molar-refractivity contribution in [2.45, 2.75) is 31.4 Å². The maximum atomic E-state index is 6.60. The molecule has 1 aliphatic heterocycles. The molecule has 1 atom stereocenters. The van der Waals surface area contributed by atoms with Crippen molar-refractivity contribution in [3.05, 3.63) is 48.0 Å². The van der Waals surface area contributed by atoms with Gasteiger partial charge in [0.2, 0.25) is 0 Å². The quantitative estimate of drug-likeness (QED) is 0.936. The summed E-state index contributed by atoms with van der Waals surface area (Å²) >= 11 is 0. The minimum Gasteiger partial charge on any atom is -0.381 e. The van der Waals surface area contributed by atoms with Gasteiger partial charge in [0.25, 0.3) is 0 Å². The second-order valence-electron chi connectivity index (χ2n) is 5.69. The van der Waals surface area contributed by atoms with Crippen LogP contribution in [0.25, 0.3) is 10.8 Å². The van der Waals surface area contributed by atoms with Crippen LogP contribution in [0.4, 0.5) is 0 Å². The molecule has 1 fully saturated rings. The highest BCUT2D eigenvalue weighted by Gasteiger charge is 2.40. The van der Waals surface area contributed by atoms with Crippen molar-refractivity contribution in [3.8, 4) is 0 Å². The van der Waals surface area contributed by atoms with E-state index in [4.69, 9.17) is 15.2 Å². The van der Waals surface area contributed by atoms with Gasteiger partial charge in [-0.1, -0.05) is 36.4 Å². The third-order valence-corrected chi connectivity index (χ3v) is 4.47. The molecule has 0 amide bonds. The Morgan fingerprint density at radius 1 is 1.14 bits per heavy atom. The molecular weight excluding hydrogens is 262 g/mol. The van der Waals surface area contributed by atoms with E-state index in [0.717, 1.165) is 31.6 Å². The Hall–Kier alpha value is -1.42. The average molecular weight is 285 g/mol. The molecule has 0 radical (unpaired) electrons. The third kappa shape index (κ3) is 2.82. The van der Waals surface area contributed by atoms with Crippen LogP contribution >= 0.6 is 0 Å². The molecule has 0 aromatic heterocycles. The number of nitrogens with two attached hydrogens (primary N) is 1. The summed E-state index contributed by atoms with van der Waals surface area (Å²) in [7, 11) is 0. The second-order valence-corrected chi connectivity index (χ2v) is 5.69. The molecular formula is C18H23NO2. The summed E-state index contributed by atoms with van der Waals surface area (Å²) in [5, 5.41) is 2.47. The maximum Gasteiger partial charge on any atom is 0.0917 e. The summed E-state index contributed by atoms with van der Waals surface area (Å²) in [6.07, 6.45) is 1.71. The molecule has 0 spiro atoms. The molecule has 1 unspecified atom stereocenters. The van der Waals surface area contributed by atoms with Crippen LogP contribution in [0.15, 0.2) is 42.5 Å². The van der Waals surface area contributed by atoms with E-state index in [1.54, 1.807) is 0 Å². The van der Waals surface area contributed by atoms with E-state index >= 15 is 0 Å². The number of hydrogen-bond donors (Lipinski definition) is 1. The van der Waals surface area contributed by atoms with Crippen molar-refractivity contribution in [3.63, 3.8) is 0 Å². The molecule has 0 aliphatic carbocycles. The molecule has 3 nitrogen and oxygen atoms in total. The SMILES string of the molecule is CCOC1(C(N)c2ccc3ccccc3c2)CCOCC1. The zero-order valence-electron chi connectivity index (χ0n) is 12.5. The van der Waals surface area contributed by atoms with E-state index in [1.165, 1.54) is 10.8 Å². The fraction of sp³-hybridized carbons (Fsp3) is 0.444. The van der Waals surface area contributed by atoms with E-state index in [9.17, 15) is 0 Å². The van der Waals surface area contributed by atoms with Crippen LogP contribution in [0.1, 0.15) is 31.4 Å². The Kier molecular flexibility index (Phi) is 4.24. The minimum atomic E-state index is -0.296. The zero-order valence-corrected chi connectivity index (χ0v) is 12.5. The number of hydrogen-bond acceptors (Lipinski definition) is 3. The topological polar surface area (TPSA) is 44.5 Å². The van der Waals surface area contributed by atoms with Crippen LogP contribution in [-0.4, -0.2) is 25.4 Å². The molecule has 0 bridgehead atoms. The van der Waals surface area contributed by atoms with Gasteiger partial charge in [-0.15, -0.1) is 0 Å². The van der Waals surface area contributed by atoms with Gasteiger partial charge in [-0.25, -0.2) is 0 Å². The van der Waals surface area contributed by atoms with Crippen LogP contribution in [0.2, 0.25) is 0 Å². The molecule has 21 heavy (non-hydrogen) atoms. The molecule has 1 saturated heterocycles. The van der Waals surface area contributed by atoms with Crippen molar-refractivity contribution in [1.29, 1.82) is 0 Å². The summed E-state index contributed by atoms with van der Waals surface area (Å²) in [6.45, 7) is 4.16. The van der Waals surface area contributed by atoms with Gasteiger partial charge in [-0.2, -0.15) is 0 Å². The predicted octanol–water partition coefficient (Wildman–Crippen LogP) is 3.43. The summed E-state index contributed by atoms with van der Waals surface area (Å²) in [6, 6.07) is 14.7. The van der Waals surface area contributed by atoms with E-state index in [-0.39, 0.29) is 11.6 Å². The van der Waals surface area contributed by atoms with Crippen molar-refractivity contribution in [2.75, 3.05) is 19.8 Å². The van der Waals surface area contributed by atoms with E-state index < -0.39 is 0 Å². The van der Waals surface area contributed by atoms with Gasteiger partial charge < -0.3 is 15.2 Å². The Bertz CT molecular complexity index is 599. The molecule has 112 valence electrons. The zero-order chi connectivity index (χ0) is 14.7. The first-order chi connectivity index (χ1) is 10.2.